The number of nitrogens with one attached hydrogen (secondary N) is 1. The number of para-hydroxylation sites is 1. The molecule has 7 heteroatoms. The quantitative estimate of drug-likeness (QED) is 0.481. The van der Waals surface area contributed by atoms with E-state index in [0.29, 0.717) is 10.6 Å². The first-order valence-corrected chi connectivity index (χ1v) is 10.1. The number of benzene rings is 2. The van der Waals surface area contributed by atoms with Crippen molar-refractivity contribution in [1.82, 2.24) is 0 Å². The summed E-state index contributed by atoms with van der Waals surface area (Å²) in [7, 11) is 0. The number of anilines is 1. The fraction of sp³-hybridized carbons (Fsp3) is 0.333. The van der Waals surface area contributed by atoms with Crippen molar-refractivity contribution in [2.24, 2.45) is 0 Å². The van der Waals surface area contributed by atoms with E-state index in [2.05, 4.69) is 5.32 Å². The van der Waals surface area contributed by atoms with Gasteiger partial charge in [0.05, 0.1) is 6.42 Å². The van der Waals surface area contributed by atoms with E-state index >= 15 is 0 Å². The van der Waals surface area contributed by atoms with Crippen LogP contribution in [-0.4, -0.2) is 24.2 Å². The number of esters is 1. The van der Waals surface area contributed by atoms with E-state index in [1.54, 1.807) is 0 Å². The van der Waals surface area contributed by atoms with E-state index < -0.39 is 23.5 Å². The molecule has 0 aliphatic heterocycles. The Morgan fingerprint density at radius 2 is 1.71 bits per heavy atom. The predicted molar refractivity (Wildman–Crippen MR) is 106 cm³/mol. The molecule has 150 valence electrons. The summed E-state index contributed by atoms with van der Waals surface area (Å²) >= 11 is 1.21. The van der Waals surface area contributed by atoms with Crippen LogP contribution in [0.1, 0.15) is 31.4 Å². The Morgan fingerprint density at radius 3 is 2.32 bits per heavy atom. The zero-order valence-electron chi connectivity index (χ0n) is 15.9. The molecule has 0 spiro atoms. The third kappa shape index (κ3) is 6.34. The molecule has 2 aromatic rings. The van der Waals surface area contributed by atoms with Crippen molar-refractivity contribution < 1.29 is 23.1 Å². The standard InChI is InChI=1S/C21H23F2NO3S/c1-3-14-6-5-7-15(4-2)21(14)24-19(25)13-27-20(26)10-11-28-16-8-9-17(22)18(23)12-16/h5-9,12H,3-4,10-11,13H2,1-2H3,(H,24,25). The Morgan fingerprint density at radius 1 is 1.04 bits per heavy atom. The summed E-state index contributed by atoms with van der Waals surface area (Å²) in [5.74, 6) is -2.42. The summed E-state index contributed by atoms with van der Waals surface area (Å²) in [4.78, 5) is 24.5. The van der Waals surface area contributed by atoms with Gasteiger partial charge in [-0.2, -0.15) is 0 Å². The van der Waals surface area contributed by atoms with Gasteiger partial charge in [0, 0.05) is 16.3 Å². The number of halogens is 2. The molecule has 28 heavy (non-hydrogen) atoms. The van der Waals surface area contributed by atoms with Crippen molar-refractivity contribution in [3.63, 3.8) is 0 Å². The molecule has 0 aliphatic carbocycles. The van der Waals surface area contributed by atoms with E-state index in [1.807, 2.05) is 32.0 Å². The van der Waals surface area contributed by atoms with Crippen molar-refractivity contribution in [2.45, 2.75) is 38.0 Å². The molecule has 0 fully saturated rings. The molecule has 0 atom stereocenters. The minimum Gasteiger partial charge on any atom is -0.456 e. The Bertz CT molecular complexity index is 820. The number of hydrogen-bond donors (Lipinski definition) is 1. The van der Waals surface area contributed by atoms with Crippen molar-refractivity contribution in [2.75, 3.05) is 17.7 Å². The molecule has 0 unspecified atom stereocenters. The van der Waals surface area contributed by atoms with Crippen molar-refractivity contribution in [3.05, 3.63) is 59.2 Å². The number of carbonyl (C=O) groups excluding carboxylic acids is 2. The molecule has 2 aromatic carbocycles. The third-order valence-electron chi connectivity index (χ3n) is 4.09. The molecule has 1 amide bonds. The van der Waals surface area contributed by atoms with E-state index in [1.165, 1.54) is 17.8 Å². The maximum atomic E-state index is 13.1. The van der Waals surface area contributed by atoms with Crippen LogP contribution in [-0.2, 0) is 27.2 Å². The average molecular weight is 407 g/mol. The molecule has 0 radical (unpaired) electrons. The topological polar surface area (TPSA) is 55.4 Å². The van der Waals surface area contributed by atoms with Gasteiger partial charge in [0.25, 0.3) is 5.91 Å². The Balaban J connectivity index is 1.78. The number of ether oxygens (including phenoxy) is 1. The highest BCUT2D eigenvalue weighted by atomic mass is 32.2. The van der Waals surface area contributed by atoms with Crippen LogP contribution < -0.4 is 5.32 Å². The van der Waals surface area contributed by atoms with Crippen LogP contribution in [0.5, 0.6) is 0 Å². The lowest BCUT2D eigenvalue weighted by molar-refractivity contribution is -0.146. The predicted octanol–water partition coefficient (Wildman–Crippen LogP) is 4.75. The van der Waals surface area contributed by atoms with Crippen LogP contribution in [0.25, 0.3) is 0 Å². The largest absolute Gasteiger partial charge is 0.456 e. The highest BCUT2D eigenvalue weighted by Crippen LogP contribution is 2.23. The highest BCUT2D eigenvalue weighted by Gasteiger charge is 2.12. The van der Waals surface area contributed by atoms with E-state index in [4.69, 9.17) is 4.74 Å². The van der Waals surface area contributed by atoms with Gasteiger partial charge in [-0.15, -0.1) is 11.8 Å². The lowest BCUT2D eigenvalue weighted by atomic mass is 10.0. The molecule has 0 aliphatic rings. The van der Waals surface area contributed by atoms with Gasteiger partial charge in [-0.05, 0) is 42.2 Å². The molecule has 0 heterocycles. The van der Waals surface area contributed by atoms with Crippen molar-refractivity contribution in [1.29, 1.82) is 0 Å². The van der Waals surface area contributed by atoms with Gasteiger partial charge in [0.15, 0.2) is 18.2 Å². The number of rotatable bonds is 9. The number of hydrogen-bond acceptors (Lipinski definition) is 4. The van der Waals surface area contributed by atoms with Gasteiger partial charge in [-0.25, -0.2) is 8.78 Å². The van der Waals surface area contributed by atoms with Crippen molar-refractivity contribution >= 4 is 29.3 Å². The SMILES string of the molecule is CCc1cccc(CC)c1NC(=O)COC(=O)CCSc1ccc(F)c(F)c1. The fourth-order valence-corrected chi connectivity index (χ4v) is 3.47. The maximum absolute atomic E-state index is 13.1. The van der Waals surface area contributed by atoms with E-state index in [9.17, 15) is 18.4 Å². The Labute approximate surface area is 167 Å². The van der Waals surface area contributed by atoms with Crippen LogP contribution in [0.15, 0.2) is 41.3 Å². The molecular weight excluding hydrogens is 384 g/mol. The minimum absolute atomic E-state index is 0.0582. The van der Waals surface area contributed by atoms with Gasteiger partial charge >= 0.3 is 5.97 Å². The summed E-state index contributed by atoms with van der Waals surface area (Å²) in [6, 6.07) is 9.43. The van der Waals surface area contributed by atoms with Crippen LogP contribution in [0.4, 0.5) is 14.5 Å². The second-order valence-corrected chi connectivity index (χ2v) is 7.21. The highest BCUT2D eigenvalue weighted by molar-refractivity contribution is 7.99. The fourth-order valence-electron chi connectivity index (χ4n) is 2.62. The zero-order chi connectivity index (χ0) is 20.5. The molecule has 0 saturated heterocycles. The molecular formula is C21H23F2NO3S. The first kappa shape index (κ1) is 21.9. The summed E-state index contributed by atoms with van der Waals surface area (Å²) in [5.41, 5.74) is 2.84. The van der Waals surface area contributed by atoms with E-state index in [0.717, 1.165) is 41.8 Å². The summed E-state index contributed by atoms with van der Waals surface area (Å²) < 4.78 is 31.0. The zero-order valence-corrected chi connectivity index (χ0v) is 16.7. The molecule has 2 rings (SSSR count). The molecule has 0 bridgehead atoms. The average Bonchev–Trinajstić information content (AvgIpc) is 2.69. The Hall–Kier alpha value is -2.41. The maximum Gasteiger partial charge on any atom is 0.307 e. The Kier molecular flexibility index (Phi) is 8.44. The smallest absolute Gasteiger partial charge is 0.307 e. The summed E-state index contributed by atoms with van der Waals surface area (Å²) in [6.07, 6.45) is 1.62. The number of aryl methyl sites for hydroxylation is 2. The van der Waals surface area contributed by atoms with Gasteiger partial charge in [0.2, 0.25) is 0 Å². The van der Waals surface area contributed by atoms with Gasteiger partial charge in [-0.3, -0.25) is 9.59 Å². The molecule has 1 N–H and O–H groups in total. The number of carbonyl (C=O) groups is 2. The third-order valence-corrected chi connectivity index (χ3v) is 5.09. The molecule has 0 aromatic heterocycles. The lowest BCUT2D eigenvalue weighted by Crippen LogP contribution is -2.22. The molecule has 0 saturated carbocycles. The van der Waals surface area contributed by atoms with E-state index in [-0.39, 0.29) is 13.0 Å². The first-order valence-electron chi connectivity index (χ1n) is 9.08. The molecule has 4 nitrogen and oxygen atoms in total. The van der Waals surface area contributed by atoms with Crippen molar-refractivity contribution in [3.8, 4) is 0 Å². The summed E-state index contributed by atoms with van der Waals surface area (Å²) in [5, 5.41) is 2.83. The second kappa shape index (κ2) is 10.8. The lowest BCUT2D eigenvalue weighted by Gasteiger charge is -2.14. The normalized spacial score (nSPS) is 10.6. The van der Waals surface area contributed by atoms with Gasteiger partial charge in [0.1, 0.15) is 0 Å². The minimum atomic E-state index is -0.928. The number of amides is 1. The summed E-state index contributed by atoms with van der Waals surface area (Å²) in [6.45, 7) is 3.65. The van der Waals surface area contributed by atoms with Gasteiger partial charge < -0.3 is 10.1 Å². The van der Waals surface area contributed by atoms with Crippen LogP contribution in [0, 0.1) is 11.6 Å². The van der Waals surface area contributed by atoms with Crippen LogP contribution in [0.3, 0.4) is 0 Å². The second-order valence-electron chi connectivity index (χ2n) is 6.04. The number of thioether (sulfide) groups is 1. The van der Waals surface area contributed by atoms with Crippen LogP contribution >= 0.6 is 11.8 Å². The van der Waals surface area contributed by atoms with Gasteiger partial charge in [-0.1, -0.05) is 32.0 Å². The first-order chi connectivity index (χ1) is 13.4. The van der Waals surface area contributed by atoms with Crippen LogP contribution in [0.2, 0.25) is 0 Å². The monoisotopic (exact) mass is 407 g/mol.